The highest BCUT2D eigenvalue weighted by Gasteiger charge is 2.24. The van der Waals surface area contributed by atoms with Crippen molar-refractivity contribution < 1.29 is 0 Å². The Morgan fingerprint density at radius 2 is 2.19 bits per heavy atom. The highest BCUT2D eigenvalue weighted by molar-refractivity contribution is 4.79. The van der Waals surface area contributed by atoms with E-state index >= 15 is 0 Å². The lowest BCUT2D eigenvalue weighted by Crippen LogP contribution is -2.31. The molecule has 0 bridgehead atoms. The molecule has 0 amide bonds. The molecule has 1 fully saturated rings. The third-order valence-electron chi connectivity index (χ3n) is 3.86. The summed E-state index contributed by atoms with van der Waals surface area (Å²) in [6.45, 7) is 11.9. The van der Waals surface area contributed by atoms with E-state index in [2.05, 4.69) is 31.0 Å². The molecule has 1 N–H and O–H groups in total. The van der Waals surface area contributed by atoms with Gasteiger partial charge in [0.05, 0.1) is 0 Å². The van der Waals surface area contributed by atoms with Gasteiger partial charge in [0, 0.05) is 12.6 Å². The van der Waals surface area contributed by atoms with Crippen LogP contribution < -0.4 is 5.32 Å². The molecule has 1 saturated heterocycles. The van der Waals surface area contributed by atoms with E-state index in [0.717, 1.165) is 18.5 Å². The van der Waals surface area contributed by atoms with Crippen LogP contribution in [0.15, 0.2) is 0 Å². The van der Waals surface area contributed by atoms with Crippen molar-refractivity contribution in [2.24, 2.45) is 5.92 Å². The summed E-state index contributed by atoms with van der Waals surface area (Å²) in [5.74, 6) is 0.987. The predicted molar refractivity (Wildman–Crippen MR) is 71.8 cm³/mol. The second kappa shape index (κ2) is 8.08. The van der Waals surface area contributed by atoms with Crippen LogP contribution in [0.25, 0.3) is 0 Å². The van der Waals surface area contributed by atoms with E-state index in [1.165, 1.54) is 51.7 Å². The molecule has 2 atom stereocenters. The molecule has 2 unspecified atom stereocenters. The van der Waals surface area contributed by atoms with Crippen LogP contribution in [0.1, 0.15) is 52.9 Å². The Bertz CT molecular complexity index is 170. The molecule has 0 radical (unpaired) electrons. The van der Waals surface area contributed by atoms with E-state index in [1.54, 1.807) is 0 Å². The van der Waals surface area contributed by atoms with Gasteiger partial charge in [-0.3, -0.25) is 0 Å². The van der Waals surface area contributed by atoms with Crippen molar-refractivity contribution in [1.29, 1.82) is 0 Å². The lowest BCUT2D eigenvalue weighted by molar-refractivity contribution is 0.233. The first kappa shape index (κ1) is 14.0. The summed E-state index contributed by atoms with van der Waals surface area (Å²) in [6.07, 6.45) is 6.90. The van der Waals surface area contributed by atoms with Gasteiger partial charge < -0.3 is 10.2 Å². The predicted octanol–water partition coefficient (Wildman–Crippen LogP) is 2.89. The Morgan fingerprint density at radius 3 is 2.88 bits per heavy atom. The molecule has 96 valence electrons. The van der Waals surface area contributed by atoms with Crippen molar-refractivity contribution in [2.75, 3.05) is 26.2 Å². The number of nitrogens with zero attached hydrogens (tertiary/aromatic N) is 1. The molecule has 1 aliphatic heterocycles. The van der Waals surface area contributed by atoms with Crippen molar-refractivity contribution in [2.45, 2.75) is 58.9 Å². The van der Waals surface area contributed by atoms with Crippen molar-refractivity contribution in [3.63, 3.8) is 0 Å². The Morgan fingerprint density at radius 1 is 1.38 bits per heavy atom. The highest BCUT2D eigenvalue weighted by Crippen LogP contribution is 2.23. The average Bonchev–Trinajstić information content (AvgIpc) is 2.73. The van der Waals surface area contributed by atoms with E-state index in [9.17, 15) is 0 Å². The van der Waals surface area contributed by atoms with Gasteiger partial charge in [0.25, 0.3) is 0 Å². The standard InChI is InChI=1S/C14H30N2/c1-4-7-14-9-11-16(12-14)13(3)8-6-10-15-5-2/h13-15H,4-12H2,1-3H3. The van der Waals surface area contributed by atoms with Gasteiger partial charge in [-0.15, -0.1) is 0 Å². The molecule has 0 spiro atoms. The molecule has 1 rings (SSSR count). The van der Waals surface area contributed by atoms with Gasteiger partial charge in [0.15, 0.2) is 0 Å². The molecule has 2 nitrogen and oxygen atoms in total. The summed E-state index contributed by atoms with van der Waals surface area (Å²) in [5.41, 5.74) is 0. The summed E-state index contributed by atoms with van der Waals surface area (Å²) in [5, 5.41) is 3.40. The Kier molecular flexibility index (Phi) is 7.06. The zero-order valence-electron chi connectivity index (χ0n) is 11.5. The van der Waals surface area contributed by atoms with Gasteiger partial charge in [0.2, 0.25) is 0 Å². The van der Waals surface area contributed by atoms with Crippen molar-refractivity contribution in [3.8, 4) is 0 Å². The number of hydrogen-bond donors (Lipinski definition) is 1. The molecule has 0 aromatic rings. The minimum Gasteiger partial charge on any atom is -0.317 e. The third kappa shape index (κ3) is 4.84. The molecule has 0 saturated carbocycles. The van der Waals surface area contributed by atoms with E-state index in [0.29, 0.717) is 0 Å². The maximum absolute atomic E-state index is 3.40. The fourth-order valence-corrected chi connectivity index (χ4v) is 2.79. The second-order valence-corrected chi connectivity index (χ2v) is 5.28. The van der Waals surface area contributed by atoms with Crippen LogP contribution in [-0.2, 0) is 0 Å². The zero-order valence-corrected chi connectivity index (χ0v) is 11.5. The molecule has 16 heavy (non-hydrogen) atoms. The highest BCUT2D eigenvalue weighted by atomic mass is 15.2. The number of rotatable bonds is 8. The van der Waals surface area contributed by atoms with Crippen LogP contribution in [0.4, 0.5) is 0 Å². The van der Waals surface area contributed by atoms with Crippen LogP contribution in [0.5, 0.6) is 0 Å². The van der Waals surface area contributed by atoms with Gasteiger partial charge >= 0.3 is 0 Å². The topological polar surface area (TPSA) is 15.3 Å². The van der Waals surface area contributed by atoms with Gasteiger partial charge in [-0.25, -0.2) is 0 Å². The summed E-state index contributed by atoms with van der Waals surface area (Å²) in [4.78, 5) is 2.70. The lowest BCUT2D eigenvalue weighted by Gasteiger charge is -2.24. The van der Waals surface area contributed by atoms with Crippen LogP contribution in [0.2, 0.25) is 0 Å². The molecule has 1 aliphatic rings. The molecular formula is C14H30N2. The summed E-state index contributed by atoms with van der Waals surface area (Å²) in [7, 11) is 0. The molecular weight excluding hydrogens is 196 g/mol. The summed E-state index contributed by atoms with van der Waals surface area (Å²) >= 11 is 0. The average molecular weight is 226 g/mol. The van der Waals surface area contributed by atoms with E-state index in [-0.39, 0.29) is 0 Å². The number of hydrogen-bond acceptors (Lipinski definition) is 2. The van der Waals surface area contributed by atoms with Crippen LogP contribution in [0, 0.1) is 5.92 Å². The molecule has 0 aliphatic carbocycles. The Hall–Kier alpha value is -0.0800. The second-order valence-electron chi connectivity index (χ2n) is 5.28. The van der Waals surface area contributed by atoms with Crippen molar-refractivity contribution in [1.82, 2.24) is 10.2 Å². The zero-order chi connectivity index (χ0) is 11.8. The quantitative estimate of drug-likeness (QED) is 0.640. The fourth-order valence-electron chi connectivity index (χ4n) is 2.79. The van der Waals surface area contributed by atoms with Crippen LogP contribution in [0.3, 0.4) is 0 Å². The number of likely N-dealkylation sites (tertiary alicyclic amines) is 1. The van der Waals surface area contributed by atoms with E-state index < -0.39 is 0 Å². The van der Waals surface area contributed by atoms with Gasteiger partial charge in [-0.2, -0.15) is 0 Å². The molecule has 0 aromatic carbocycles. The first-order valence-corrected chi connectivity index (χ1v) is 7.22. The first-order valence-electron chi connectivity index (χ1n) is 7.22. The van der Waals surface area contributed by atoms with Crippen molar-refractivity contribution in [3.05, 3.63) is 0 Å². The minimum absolute atomic E-state index is 0.792. The van der Waals surface area contributed by atoms with Gasteiger partial charge in [-0.05, 0) is 58.2 Å². The Labute approximate surface area is 102 Å². The van der Waals surface area contributed by atoms with Gasteiger partial charge in [0.1, 0.15) is 0 Å². The van der Waals surface area contributed by atoms with E-state index in [4.69, 9.17) is 0 Å². The molecule has 0 aromatic heterocycles. The largest absolute Gasteiger partial charge is 0.317 e. The van der Waals surface area contributed by atoms with Crippen LogP contribution >= 0.6 is 0 Å². The third-order valence-corrected chi connectivity index (χ3v) is 3.86. The van der Waals surface area contributed by atoms with E-state index in [1.807, 2.05) is 0 Å². The Balaban J connectivity index is 2.10. The minimum atomic E-state index is 0.792. The SMILES string of the molecule is CCCC1CCN(C(C)CCCNCC)C1. The molecule has 1 heterocycles. The van der Waals surface area contributed by atoms with Crippen molar-refractivity contribution >= 4 is 0 Å². The molecule has 2 heteroatoms. The maximum Gasteiger partial charge on any atom is 0.00675 e. The lowest BCUT2D eigenvalue weighted by atomic mass is 10.0. The maximum atomic E-state index is 3.40. The summed E-state index contributed by atoms with van der Waals surface area (Å²) < 4.78 is 0. The fraction of sp³-hybridized carbons (Fsp3) is 1.00. The van der Waals surface area contributed by atoms with Crippen LogP contribution in [-0.4, -0.2) is 37.1 Å². The first-order chi connectivity index (χ1) is 7.77. The normalized spacial score (nSPS) is 23.8. The summed E-state index contributed by atoms with van der Waals surface area (Å²) in [6, 6.07) is 0.792. The monoisotopic (exact) mass is 226 g/mol. The van der Waals surface area contributed by atoms with Gasteiger partial charge in [-0.1, -0.05) is 20.3 Å². The number of nitrogens with one attached hydrogen (secondary N) is 1. The smallest absolute Gasteiger partial charge is 0.00675 e.